The first-order chi connectivity index (χ1) is 12.7. The second-order valence-corrected chi connectivity index (χ2v) is 6.37. The molecule has 3 aromatic rings. The van der Waals surface area contributed by atoms with Gasteiger partial charge in [0.25, 0.3) is 5.91 Å². The van der Waals surface area contributed by atoms with Gasteiger partial charge >= 0.3 is 0 Å². The molecule has 0 aliphatic carbocycles. The smallest absolute Gasteiger partial charge is 0.260 e. The largest absolute Gasteiger partial charge is 0.343 e. The van der Waals surface area contributed by atoms with E-state index in [0.29, 0.717) is 6.54 Å². The van der Waals surface area contributed by atoms with Crippen LogP contribution in [0.1, 0.15) is 11.1 Å². The normalized spacial score (nSPS) is 14.6. The number of amides is 1. The highest BCUT2D eigenvalue weighted by atomic mass is 16.2. The van der Waals surface area contributed by atoms with Crippen molar-refractivity contribution in [3.63, 3.8) is 0 Å². The topological polar surface area (TPSA) is 23.6 Å². The van der Waals surface area contributed by atoms with Gasteiger partial charge in [0.1, 0.15) is 0 Å². The van der Waals surface area contributed by atoms with Crippen LogP contribution in [0.2, 0.25) is 0 Å². The number of carbonyl (C=O) groups excluding carboxylic acids is 1. The molecule has 0 spiro atoms. The lowest BCUT2D eigenvalue weighted by Crippen LogP contribution is -2.22. The van der Waals surface area contributed by atoms with Crippen LogP contribution in [0.15, 0.2) is 91.1 Å². The Hall–Kier alpha value is -3.33. The van der Waals surface area contributed by atoms with Crippen molar-refractivity contribution in [3.05, 3.63) is 102 Å². The van der Waals surface area contributed by atoms with E-state index < -0.39 is 0 Å². The summed E-state index contributed by atoms with van der Waals surface area (Å²) in [6.07, 6.45) is 1.98. The number of benzene rings is 3. The minimum Gasteiger partial charge on any atom is -0.343 e. The van der Waals surface area contributed by atoms with Gasteiger partial charge in [-0.3, -0.25) is 4.79 Å². The average Bonchev–Trinajstić information content (AvgIpc) is 2.94. The molecule has 0 fully saturated rings. The lowest BCUT2D eigenvalue weighted by molar-refractivity contribution is -0.112. The van der Waals surface area contributed by atoms with Crippen molar-refractivity contribution < 1.29 is 4.79 Å². The van der Waals surface area contributed by atoms with E-state index in [1.165, 1.54) is 5.56 Å². The molecule has 1 heterocycles. The maximum Gasteiger partial charge on any atom is 0.260 e. The third-order valence-electron chi connectivity index (χ3n) is 4.66. The molecular formula is C23H20N2O. The molecule has 1 aliphatic rings. The van der Waals surface area contributed by atoms with Gasteiger partial charge in [0, 0.05) is 31.0 Å². The number of hydrogen-bond donors (Lipinski definition) is 0. The molecule has 3 aromatic carbocycles. The molecule has 3 heteroatoms. The number of fused-ring (bicyclic) bond motifs is 1. The number of likely N-dealkylation sites (N-methyl/N-ethyl adjacent to an activating group) is 1. The fourth-order valence-corrected chi connectivity index (χ4v) is 3.29. The molecule has 26 heavy (non-hydrogen) atoms. The summed E-state index contributed by atoms with van der Waals surface area (Å²) in [7, 11) is 1.83. The lowest BCUT2D eigenvalue weighted by atomic mass is 10.1. The Balaban J connectivity index is 1.77. The first-order valence-electron chi connectivity index (χ1n) is 8.69. The first-order valence-corrected chi connectivity index (χ1v) is 8.69. The van der Waals surface area contributed by atoms with Gasteiger partial charge in [0.2, 0.25) is 0 Å². The number of para-hydroxylation sites is 2. The summed E-state index contributed by atoms with van der Waals surface area (Å²) in [5.74, 6) is 0.0280. The predicted molar refractivity (Wildman–Crippen MR) is 107 cm³/mol. The Bertz CT molecular complexity index is 948. The third kappa shape index (κ3) is 3.00. The van der Waals surface area contributed by atoms with Crippen molar-refractivity contribution in [3.8, 4) is 0 Å². The number of nitrogens with zero attached hydrogens (tertiary/aromatic N) is 2. The predicted octanol–water partition coefficient (Wildman–Crippen LogP) is 4.71. The average molecular weight is 340 g/mol. The van der Waals surface area contributed by atoms with E-state index >= 15 is 0 Å². The molecule has 0 saturated carbocycles. The maximum absolute atomic E-state index is 12.8. The third-order valence-corrected chi connectivity index (χ3v) is 4.66. The molecule has 0 N–H and O–H groups in total. The van der Waals surface area contributed by atoms with Gasteiger partial charge in [-0.15, -0.1) is 0 Å². The van der Waals surface area contributed by atoms with E-state index in [2.05, 4.69) is 29.2 Å². The van der Waals surface area contributed by atoms with Gasteiger partial charge in [0.15, 0.2) is 0 Å². The summed E-state index contributed by atoms with van der Waals surface area (Å²) in [4.78, 5) is 16.7. The van der Waals surface area contributed by atoms with Crippen LogP contribution in [0.5, 0.6) is 0 Å². The highest BCUT2D eigenvalue weighted by Gasteiger charge is 2.29. The summed E-state index contributed by atoms with van der Waals surface area (Å²) in [6.45, 7) is 0.702. The molecule has 4 rings (SSSR count). The second kappa shape index (κ2) is 6.89. The molecule has 3 nitrogen and oxygen atoms in total. The Kier molecular flexibility index (Phi) is 4.28. The van der Waals surface area contributed by atoms with Crippen LogP contribution in [-0.4, -0.2) is 13.0 Å². The molecule has 0 atom stereocenters. The molecule has 0 bridgehead atoms. The maximum atomic E-state index is 12.8. The van der Waals surface area contributed by atoms with Crippen LogP contribution in [0.3, 0.4) is 0 Å². The Morgan fingerprint density at radius 3 is 2.19 bits per heavy atom. The molecule has 1 aliphatic heterocycles. The minimum atomic E-state index is 0.0280. The van der Waals surface area contributed by atoms with Crippen LogP contribution in [0.4, 0.5) is 11.4 Å². The van der Waals surface area contributed by atoms with E-state index in [-0.39, 0.29) is 5.91 Å². The van der Waals surface area contributed by atoms with Crippen LogP contribution >= 0.6 is 0 Å². The van der Waals surface area contributed by atoms with Crippen LogP contribution < -0.4 is 9.80 Å². The standard InChI is InChI=1S/C23H20N2O/c1-24-22-15-9-8-14-20(22)21(23(24)26)17-25(19-12-6-3-7-13-19)16-18-10-4-2-5-11-18/h2-15,17H,16H2,1H3/b21-17-. The van der Waals surface area contributed by atoms with Crippen molar-refractivity contribution in [1.82, 2.24) is 0 Å². The van der Waals surface area contributed by atoms with E-state index in [1.54, 1.807) is 4.90 Å². The zero-order chi connectivity index (χ0) is 17.9. The van der Waals surface area contributed by atoms with Gasteiger partial charge in [-0.1, -0.05) is 66.7 Å². The fraction of sp³-hybridized carbons (Fsp3) is 0.0870. The van der Waals surface area contributed by atoms with Gasteiger partial charge < -0.3 is 9.80 Å². The van der Waals surface area contributed by atoms with Crippen molar-refractivity contribution >= 4 is 22.9 Å². The molecular weight excluding hydrogens is 320 g/mol. The minimum absolute atomic E-state index is 0.0280. The quantitative estimate of drug-likeness (QED) is 0.642. The zero-order valence-corrected chi connectivity index (χ0v) is 14.7. The van der Waals surface area contributed by atoms with Crippen molar-refractivity contribution in [2.75, 3.05) is 16.8 Å². The first kappa shape index (κ1) is 16.2. The molecule has 0 unspecified atom stereocenters. The highest BCUT2D eigenvalue weighted by Crippen LogP contribution is 2.36. The lowest BCUT2D eigenvalue weighted by Gasteiger charge is -2.22. The zero-order valence-electron chi connectivity index (χ0n) is 14.7. The van der Waals surface area contributed by atoms with Crippen LogP contribution in [-0.2, 0) is 11.3 Å². The molecule has 0 radical (unpaired) electrons. The summed E-state index contributed by atoms with van der Waals surface area (Å²) >= 11 is 0. The summed E-state index contributed by atoms with van der Waals surface area (Å²) < 4.78 is 0. The van der Waals surface area contributed by atoms with E-state index in [1.807, 2.05) is 73.9 Å². The SMILES string of the molecule is CN1C(=O)/C(=C\N(Cc2ccccc2)c2ccccc2)c2ccccc21. The van der Waals surface area contributed by atoms with Crippen LogP contribution in [0, 0.1) is 0 Å². The number of carbonyl (C=O) groups is 1. The molecule has 128 valence electrons. The van der Waals surface area contributed by atoms with Gasteiger partial charge in [-0.25, -0.2) is 0 Å². The Labute approximate surface area is 153 Å². The summed E-state index contributed by atoms with van der Waals surface area (Å²) in [6, 6.07) is 28.4. The highest BCUT2D eigenvalue weighted by molar-refractivity contribution is 6.32. The monoisotopic (exact) mass is 340 g/mol. The van der Waals surface area contributed by atoms with Crippen molar-refractivity contribution in [1.29, 1.82) is 0 Å². The van der Waals surface area contributed by atoms with E-state index in [4.69, 9.17) is 0 Å². The number of anilines is 2. The fourth-order valence-electron chi connectivity index (χ4n) is 3.29. The summed E-state index contributed by atoms with van der Waals surface area (Å²) in [5.41, 5.74) is 4.91. The van der Waals surface area contributed by atoms with E-state index in [0.717, 1.165) is 22.5 Å². The van der Waals surface area contributed by atoms with Crippen molar-refractivity contribution in [2.24, 2.45) is 0 Å². The van der Waals surface area contributed by atoms with Gasteiger partial charge in [-0.05, 0) is 23.8 Å². The summed E-state index contributed by atoms with van der Waals surface area (Å²) in [5, 5.41) is 0. The van der Waals surface area contributed by atoms with Crippen LogP contribution in [0.25, 0.3) is 5.57 Å². The number of hydrogen-bond acceptors (Lipinski definition) is 2. The molecule has 0 aromatic heterocycles. The number of rotatable bonds is 4. The van der Waals surface area contributed by atoms with Crippen molar-refractivity contribution in [2.45, 2.75) is 6.54 Å². The Morgan fingerprint density at radius 2 is 1.46 bits per heavy atom. The van der Waals surface area contributed by atoms with Gasteiger partial charge in [-0.2, -0.15) is 0 Å². The van der Waals surface area contributed by atoms with Gasteiger partial charge in [0.05, 0.1) is 11.3 Å². The Morgan fingerprint density at radius 1 is 0.846 bits per heavy atom. The molecule has 0 saturated heterocycles. The second-order valence-electron chi connectivity index (χ2n) is 6.37. The van der Waals surface area contributed by atoms with E-state index in [9.17, 15) is 4.79 Å². The molecule has 1 amide bonds.